The molecule has 2 aliphatic heterocycles. The Morgan fingerprint density at radius 3 is 2.92 bits per heavy atom. The summed E-state index contributed by atoms with van der Waals surface area (Å²) in [7, 11) is 0. The van der Waals surface area contributed by atoms with E-state index in [1.54, 1.807) is 6.42 Å². The van der Waals surface area contributed by atoms with Crippen molar-refractivity contribution < 1.29 is 0 Å². The van der Waals surface area contributed by atoms with Crippen LogP contribution in [0.25, 0.3) is 0 Å². The van der Waals surface area contributed by atoms with Crippen molar-refractivity contribution >= 4 is 0 Å². The molecule has 2 saturated heterocycles. The average molecular weight is 165 g/mol. The van der Waals surface area contributed by atoms with Gasteiger partial charge in [0, 0.05) is 18.6 Å². The van der Waals surface area contributed by atoms with E-state index in [1.807, 2.05) is 0 Å². The van der Waals surface area contributed by atoms with Crippen molar-refractivity contribution in [1.82, 2.24) is 4.90 Å². The lowest BCUT2D eigenvalue weighted by Gasteiger charge is -2.39. The molecule has 0 N–H and O–H groups in total. The first-order chi connectivity index (χ1) is 5.86. The molecule has 2 heterocycles. The summed E-state index contributed by atoms with van der Waals surface area (Å²) < 4.78 is 0. The van der Waals surface area contributed by atoms with E-state index in [9.17, 15) is 0 Å². The minimum absolute atomic E-state index is 0.911. The van der Waals surface area contributed by atoms with Crippen LogP contribution in [-0.4, -0.2) is 23.5 Å². The maximum Gasteiger partial charge on any atom is 0.0130 e. The van der Waals surface area contributed by atoms with E-state index in [1.165, 1.54) is 32.2 Å². The summed E-state index contributed by atoms with van der Waals surface area (Å²) in [5, 5.41) is 0. The molecule has 0 aromatic heterocycles. The van der Waals surface area contributed by atoms with E-state index in [0.717, 1.165) is 23.9 Å². The monoisotopic (exact) mass is 165 g/mol. The highest BCUT2D eigenvalue weighted by atomic mass is 15.2. The van der Waals surface area contributed by atoms with Gasteiger partial charge in [-0.2, -0.15) is 0 Å². The molecule has 1 saturated carbocycles. The fourth-order valence-corrected chi connectivity index (χ4v) is 3.97. The van der Waals surface area contributed by atoms with Gasteiger partial charge in [0.2, 0.25) is 0 Å². The zero-order valence-electron chi connectivity index (χ0n) is 8.00. The predicted octanol–water partition coefficient (Wildman–Crippen LogP) is 2.27. The molecule has 1 heteroatoms. The number of rotatable bonds is 0. The summed E-state index contributed by atoms with van der Waals surface area (Å²) in [5.74, 6) is 2.19. The van der Waals surface area contributed by atoms with Crippen LogP contribution in [0.5, 0.6) is 0 Å². The van der Waals surface area contributed by atoms with Crippen LogP contribution < -0.4 is 0 Å². The van der Waals surface area contributed by atoms with Gasteiger partial charge in [-0.05, 0) is 38.0 Å². The first-order valence-electron chi connectivity index (χ1n) is 5.62. The van der Waals surface area contributed by atoms with E-state index < -0.39 is 0 Å². The SMILES string of the molecule is CC1CC2CN1C1CCCCC21. The number of piperidine rings is 1. The maximum atomic E-state index is 2.80. The zero-order valence-corrected chi connectivity index (χ0v) is 8.00. The van der Waals surface area contributed by atoms with E-state index in [2.05, 4.69) is 11.8 Å². The minimum Gasteiger partial charge on any atom is -0.297 e. The molecule has 3 rings (SSSR count). The molecule has 1 nitrogen and oxygen atoms in total. The van der Waals surface area contributed by atoms with Crippen molar-refractivity contribution in [3.63, 3.8) is 0 Å². The quantitative estimate of drug-likeness (QED) is 0.532. The maximum absolute atomic E-state index is 2.80. The molecule has 12 heavy (non-hydrogen) atoms. The predicted molar refractivity (Wildman–Crippen MR) is 50.0 cm³/mol. The molecular formula is C11H19N. The molecule has 5 unspecified atom stereocenters. The Hall–Kier alpha value is -0.0400. The lowest BCUT2D eigenvalue weighted by molar-refractivity contribution is 0.109. The van der Waals surface area contributed by atoms with E-state index in [4.69, 9.17) is 0 Å². The summed E-state index contributed by atoms with van der Waals surface area (Å²) in [5.41, 5.74) is 0. The minimum atomic E-state index is 0.911. The van der Waals surface area contributed by atoms with Gasteiger partial charge >= 0.3 is 0 Å². The van der Waals surface area contributed by atoms with Crippen molar-refractivity contribution in [2.24, 2.45) is 11.8 Å². The largest absolute Gasteiger partial charge is 0.297 e. The standard InChI is InChI=1S/C11H19N/c1-8-6-9-7-12(8)11-5-3-2-4-10(9)11/h8-11H,2-7H2,1H3. The first kappa shape index (κ1) is 7.37. The zero-order chi connectivity index (χ0) is 8.13. The van der Waals surface area contributed by atoms with Crippen LogP contribution in [0.15, 0.2) is 0 Å². The fraction of sp³-hybridized carbons (Fsp3) is 1.00. The van der Waals surface area contributed by atoms with Crippen molar-refractivity contribution in [3.8, 4) is 0 Å². The number of fused-ring (bicyclic) bond motifs is 5. The topological polar surface area (TPSA) is 3.24 Å². The highest BCUT2D eigenvalue weighted by molar-refractivity contribution is 5.02. The smallest absolute Gasteiger partial charge is 0.0130 e. The summed E-state index contributed by atoms with van der Waals surface area (Å²) in [6.07, 6.45) is 7.56. The van der Waals surface area contributed by atoms with Gasteiger partial charge in [0.1, 0.15) is 0 Å². The number of hydrogen-bond acceptors (Lipinski definition) is 1. The summed E-state index contributed by atoms with van der Waals surface area (Å²) >= 11 is 0. The van der Waals surface area contributed by atoms with Crippen molar-refractivity contribution in [2.75, 3.05) is 6.54 Å². The third-order valence-electron chi connectivity index (χ3n) is 4.47. The Balaban J connectivity index is 1.84. The molecular weight excluding hydrogens is 146 g/mol. The van der Waals surface area contributed by atoms with Crippen LogP contribution in [0.2, 0.25) is 0 Å². The summed E-state index contributed by atoms with van der Waals surface area (Å²) in [6, 6.07) is 1.92. The van der Waals surface area contributed by atoms with Crippen LogP contribution >= 0.6 is 0 Å². The number of hydrogen-bond donors (Lipinski definition) is 0. The number of nitrogens with zero attached hydrogens (tertiary/aromatic N) is 1. The van der Waals surface area contributed by atoms with Crippen LogP contribution in [-0.2, 0) is 0 Å². The van der Waals surface area contributed by atoms with Gasteiger partial charge in [-0.25, -0.2) is 0 Å². The fourth-order valence-electron chi connectivity index (χ4n) is 3.97. The normalized spacial score (nSPS) is 57.2. The average Bonchev–Trinajstić information content (AvgIpc) is 2.62. The first-order valence-corrected chi connectivity index (χ1v) is 5.62. The lowest BCUT2D eigenvalue weighted by atomic mass is 9.76. The van der Waals surface area contributed by atoms with E-state index in [0.29, 0.717) is 0 Å². The van der Waals surface area contributed by atoms with Crippen molar-refractivity contribution in [3.05, 3.63) is 0 Å². The second-order valence-corrected chi connectivity index (χ2v) is 5.06. The van der Waals surface area contributed by atoms with Crippen molar-refractivity contribution in [1.29, 1.82) is 0 Å². The van der Waals surface area contributed by atoms with Gasteiger partial charge in [-0.15, -0.1) is 0 Å². The lowest BCUT2D eigenvalue weighted by Crippen LogP contribution is -2.42. The molecule has 2 bridgehead atoms. The molecule has 0 radical (unpaired) electrons. The Kier molecular flexibility index (Phi) is 1.52. The molecule has 0 aromatic rings. The second kappa shape index (κ2) is 2.47. The van der Waals surface area contributed by atoms with Crippen LogP contribution in [0.1, 0.15) is 39.0 Å². The Labute approximate surface area is 75.1 Å². The molecule has 3 aliphatic rings. The summed E-state index contributed by atoms with van der Waals surface area (Å²) in [4.78, 5) is 2.80. The van der Waals surface area contributed by atoms with Crippen molar-refractivity contribution in [2.45, 2.75) is 51.1 Å². The highest BCUT2D eigenvalue weighted by Crippen LogP contribution is 2.47. The van der Waals surface area contributed by atoms with Gasteiger partial charge in [-0.1, -0.05) is 12.8 Å². The van der Waals surface area contributed by atoms with Crippen LogP contribution in [0.3, 0.4) is 0 Å². The Bertz CT molecular complexity index is 187. The Morgan fingerprint density at radius 1 is 1.17 bits per heavy atom. The third-order valence-corrected chi connectivity index (χ3v) is 4.47. The highest BCUT2D eigenvalue weighted by Gasteiger charge is 2.49. The molecule has 1 aliphatic carbocycles. The second-order valence-electron chi connectivity index (χ2n) is 5.06. The van der Waals surface area contributed by atoms with E-state index in [-0.39, 0.29) is 0 Å². The molecule has 0 aromatic carbocycles. The van der Waals surface area contributed by atoms with Gasteiger partial charge in [-0.3, -0.25) is 4.90 Å². The molecule has 5 atom stereocenters. The third kappa shape index (κ3) is 0.834. The van der Waals surface area contributed by atoms with Gasteiger partial charge in [0.15, 0.2) is 0 Å². The van der Waals surface area contributed by atoms with E-state index >= 15 is 0 Å². The molecule has 0 amide bonds. The van der Waals surface area contributed by atoms with Gasteiger partial charge < -0.3 is 0 Å². The molecule has 3 fully saturated rings. The Morgan fingerprint density at radius 2 is 2.00 bits per heavy atom. The molecule has 0 spiro atoms. The van der Waals surface area contributed by atoms with Gasteiger partial charge in [0.05, 0.1) is 0 Å². The van der Waals surface area contributed by atoms with Gasteiger partial charge in [0.25, 0.3) is 0 Å². The van der Waals surface area contributed by atoms with Crippen LogP contribution in [0, 0.1) is 11.8 Å². The van der Waals surface area contributed by atoms with Crippen LogP contribution in [0.4, 0.5) is 0 Å². The summed E-state index contributed by atoms with van der Waals surface area (Å²) in [6.45, 7) is 3.86. The molecule has 68 valence electrons.